The number of fused-ring (bicyclic) bond motifs is 1. The lowest BCUT2D eigenvalue weighted by atomic mass is 10.2. The van der Waals surface area contributed by atoms with Gasteiger partial charge in [-0.25, -0.2) is 17.8 Å². The number of aryl methyl sites for hydroxylation is 1. The maximum absolute atomic E-state index is 13.8. The SMILES string of the molecule is CCCCc1nc2cc(N(Cc3ccccc3)S(=O)(=O)c3ccc(F)cc3)ccc2n1CC(=O)OC(C)(C)C. The summed E-state index contributed by atoms with van der Waals surface area (Å²) in [6.45, 7) is 7.64. The molecule has 206 valence electrons. The minimum atomic E-state index is -4.04. The van der Waals surface area contributed by atoms with Crippen LogP contribution in [0.2, 0.25) is 0 Å². The third-order valence-corrected chi connectivity index (χ3v) is 7.92. The van der Waals surface area contributed by atoms with E-state index in [1.807, 2.05) is 55.7 Å². The summed E-state index contributed by atoms with van der Waals surface area (Å²) in [6.07, 6.45) is 2.52. The molecule has 0 bridgehead atoms. The molecule has 0 spiro atoms. The zero-order valence-corrected chi connectivity index (χ0v) is 23.5. The lowest BCUT2D eigenvalue weighted by Gasteiger charge is -2.25. The van der Waals surface area contributed by atoms with Crippen LogP contribution in [0.25, 0.3) is 11.0 Å². The van der Waals surface area contributed by atoms with E-state index in [1.54, 1.807) is 18.2 Å². The molecule has 0 aliphatic carbocycles. The van der Waals surface area contributed by atoms with E-state index in [0.717, 1.165) is 41.9 Å². The average molecular weight is 552 g/mol. The third kappa shape index (κ3) is 6.84. The fraction of sp³-hybridized carbons (Fsp3) is 0.333. The normalized spacial score (nSPS) is 12.0. The van der Waals surface area contributed by atoms with Crippen LogP contribution in [-0.4, -0.2) is 29.5 Å². The number of benzene rings is 3. The number of hydrogen-bond donors (Lipinski definition) is 0. The quantitative estimate of drug-likeness (QED) is 0.218. The Bertz CT molecular complexity index is 1540. The van der Waals surface area contributed by atoms with Crippen molar-refractivity contribution < 1.29 is 22.3 Å². The van der Waals surface area contributed by atoms with Crippen molar-refractivity contribution in [1.82, 2.24) is 9.55 Å². The number of halogens is 1. The molecule has 39 heavy (non-hydrogen) atoms. The van der Waals surface area contributed by atoms with E-state index in [0.29, 0.717) is 17.6 Å². The van der Waals surface area contributed by atoms with Crippen molar-refractivity contribution in [2.75, 3.05) is 4.31 Å². The zero-order valence-electron chi connectivity index (χ0n) is 22.7. The number of nitrogens with zero attached hydrogens (tertiary/aromatic N) is 3. The first-order valence-corrected chi connectivity index (χ1v) is 14.4. The number of aromatic nitrogens is 2. The van der Waals surface area contributed by atoms with Gasteiger partial charge in [-0.2, -0.15) is 0 Å². The highest BCUT2D eigenvalue weighted by atomic mass is 32.2. The van der Waals surface area contributed by atoms with Gasteiger partial charge in [-0.3, -0.25) is 9.10 Å². The van der Waals surface area contributed by atoms with Crippen LogP contribution in [0.4, 0.5) is 10.1 Å². The van der Waals surface area contributed by atoms with Crippen molar-refractivity contribution >= 4 is 32.7 Å². The summed E-state index contributed by atoms with van der Waals surface area (Å²) in [6, 6.07) is 19.3. The summed E-state index contributed by atoms with van der Waals surface area (Å²) < 4.78 is 49.9. The van der Waals surface area contributed by atoms with Gasteiger partial charge in [0.25, 0.3) is 10.0 Å². The average Bonchev–Trinajstić information content (AvgIpc) is 3.21. The number of carbonyl (C=O) groups is 1. The van der Waals surface area contributed by atoms with E-state index in [9.17, 15) is 17.6 Å². The number of ether oxygens (including phenoxy) is 1. The fourth-order valence-corrected chi connectivity index (χ4v) is 5.77. The summed E-state index contributed by atoms with van der Waals surface area (Å²) in [4.78, 5) is 17.5. The van der Waals surface area contributed by atoms with Gasteiger partial charge in [0.15, 0.2) is 0 Å². The fourth-order valence-electron chi connectivity index (χ4n) is 4.33. The molecule has 1 aromatic heterocycles. The summed E-state index contributed by atoms with van der Waals surface area (Å²) >= 11 is 0. The topological polar surface area (TPSA) is 81.5 Å². The molecule has 0 N–H and O–H groups in total. The molecule has 0 fully saturated rings. The predicted molar refractivity (Wildman–Crippen MR) is 150 cm³/mol. The van der Waals surface area contributed by atoms with E-state index in [2.05, 4.69) is 6.92 Å². The van der Waals surface area contributed by atoms with Gasteiger partial charge < -0.3 is 9.30 Å². The van der Waals surface area contributed by atoms with E-state index in [4.69, 9.17) is 9.72 Å². The van der Waals surface area contributed by atoms with Crippen LogP contribution in [0.1, 0.15) is 51.9 Å². The molecule has 7 nitrogen and oxygen atoms in total. The Morgan fingerprint density at radius 1 is 1.03 bits per heavy atom. The Balaban J connectivity index is 1.79. The number of anilines is 1. The maximum Gasteiger partial charge on any atom is 0.326 e. The monoisotopic (exact) mass is 551 g/mol. The van der Waals surface area contributed by atoms with Gasteiger partial charge in [0.05, 0.1) is 28.2 Å². The Kier molecular flexibility index (Phi) is 8.39. The molecule has 4 aromatic rings. The summed E-state index contributed by atoms with van der Waals surface area (Å²) in [5, 5.41) is 0. The van der Waals surface area contributed by atoms with E-state index < -0.39 is 21.4 Å². The van der Waals surface area contributed by atoms with Gasteiger partial charge in [0, 0.05) is 6.42 Å². The molecule has 9 heteroatoms. The van der Waals surface area contributed by atoms with Gasteiger partial charge in [-0.15, -0.1) is 0 Å². The Morgan fingerprint density at radius 3 is 2.36 bits per heavy atom. The number of carbonyl (C=O) groups excluding carboxylic acids is 1. The molecule has 0 saturated carbocycles. The number of imidazole rings is 1. The molecule has 0 unspecified atom stereocenters. The van der Waals surface area contributed by atoms with Crippen molar-refractivity contribution in [3.05, 3.63) is 90.0 Å². The molecular formula is C30H34FN3O4S. The van der Waals surface area contributed by atoms with E-state index >= 15 is 0 Å². The van der Waals surface area contributed by atoms with Crippen LogP contribution in [0.3, 0.4) is 0 Å². The van der Waals surface area contributed by atoms with Crippen LogP contribution >= 0.6 is 0 Å². The van der Waals surface area contributed by atoms with Crippen LogP contribution in [-0.2, 0) is 39.1 Å². The third-order valence-electron chi connectivity index (χ3n) is 6.13. The molecule has 0 amide bonds. The second-order valence-corrected chi connectivity index (χ2v) is 12.3. The molecule has 0 saturated heterocycles. The largest absolute Gasteiger partial charge is 0.459 e. The van der Waals surface area contributed by atoms with Gasteiger partial charge in [0.1, 0.15) is 23.8 Å². The zero-order chi connectivity index (χ0) is 28.2. The smallest absolute Gasteiger partial charge is 0.326 e. The van der Waals surface area contributed by atoms with Crippen molar-refractivity contribution in [3.8, 4) is 0 Å². The minimum absolute atomic E-state index is 0.00771. The highest BCUT2D eigenvalue weighted by molar-refractivity contribution is 7.92. The minimum Gasteiger partial charge on any atom is -0.459 e. The lowest BCUT2D eigenvalue weighted by Crippen LogP contribution is -2.30. The summed E-state index contributed by atoms with van der Waals surface area (Å²) in [7, 11) is -4.04. The van der Waals surface area contributed by atoms with Crippen LogP contribution in [0, 0.1) is 5.82 Å². The number of rotatable bonds is 10. The van der Waals surface area contributed by atoms with Gasteiger partial charge in [0.2, 0.25) is 0 Å². The molecule has 0 aliphatic rings. The number of unbranched alkanes of at least 4 members (excludes halogenated alkanes) is 1. The van der Waals surface area contributed by atoms with Gasteiger partial charge >= 0.3 is 5.97 Å². The van der Waals surface area contributed by atoms with Crippen molar-refractivity contribution in [2.24, 2.45) is 0 Å². The van der Waals surface area contributed by atoms with Crippen molar-refractivity contribution in [2.45, 2.75) is 70.5 Å². The lowest BCUT2D eigenvalue weighted by molar-refractivity contribution is -0.155. The highest BCUT2D eigenvalue weighted by Gasteiger charge is 2.27. The summed E-state index contributed by atoms with van der Waals surface area (Å²) in [5.74, 6) is -0.140. The second kappa shape index (κ2) is 11.6. The predicted octanol–water partition coefficient (Wildman–Crippen LogP) is 6.26. The Hall–Kier alpha value is -3.72. The Morgan fingerprint density at radius 2 is 1.72 bits per heavy atom. The molecule has 0 aliphatic heterocycles. The molecule has 1 heterocycles. The van der Waals surface area contributed by atoms with E-state index in [-0.39, 0.29) is 24.0 Å². The van der Waals surface area contributed by atoms with Crippen LogP contribution < -0.4 is 4.31 Å². The molecule has 0 atom stereocenters. The van der Waals surface area contributed by atoms with Crippen molar-refractivity contribution in [3.63, 3.8) is 0 Å². The molecular weight excluding hydrogens is 517 g/mol. The first-order chi connectivity index (χ1) is 18.5. The Labute approximate surface area is 229 Å². The maximum atomic E-state index is 13.8. The number of sulfonamides is 1. The standard InChI is InChI=1S/C30H34FN3O4S/c1-5-6-12-28-32-26-19-24(15-18-27(26)33(28)21-29(35)38-30(2,3)4)34(20-22-10-8-7-9-11-22)39(36,37)25-16-13-23(31)14-17-25/h7-11,13-19H,5-6,12,20-21H2,1-4H3. The first-order valence-electron chi connectivity index (χ1n) is 13.0. The molecule has 3 aromatic carbocycles. The number of hydrogen-bond acceptors (Lipinski definition) is 5. The van der Waals surface area contributed by atoms with Crippen LogP contribution in [0.5, 0.6) is 0 Å². The number of esters is 1. The van der Waals surface area contributed by atoms with Crippen molar-refractivity contribution in [1.29, 1.82) is 0 Å². The van der Waals surface area contributed by atoms with Crippen LogP contribution in [0.15, 0.2) is 77.7 Å². The van der Waals surface area contributed by atoms with Gasteiger partial charge in [-0.1, -0.05) is 43.7 Å². The molecule has 0 radical (unpaired) electrons. The van der Waals surface area contributed by atoms with E-state index in [1.165, 1.54) is 16.4 Å². The second-order valence-electron chi connectivity index (χ2n) is 10.4. The summed E-state index contributed by atoms with van der Waals surface area (Å²) in [5.41, 5.74) is 1.89. The first kappa shape index (κ1) is 28.3. The van der Waals surface area contributed by atoms with Gasteiger partial charge in [-0.05, 0) is 75.2 Å². The molecule has 4 rings (SSSR count). The highest BCUT2D eigenvalue weighted by Crippen LogP contribution is 2.30.